The first-order valence-electron chi connectivity index (χ1n) is 8.50. The predicted molar refractivity (Wildman–Crippen MR) is 94.3 cm³/mol. The highest BCUT2D eigenvalue weighted by atomic mass is 19.1. The first kappa shape index (κ1) is 16.4. The van der Waals surface area contributed by atoms with Crippen molar-refractivity contribution in [2.24, 2.45) is 5.92 Å². The van der Waals surface area contributed by atoms with E-state index in [9.17, 15) is 9.18 Å². The van der Waals surface area contributed by atoms with Crippen LogP contribution in [0.4, 0.5) is 15.9 Å². The molecule has 3 heterocycles. The van der Waals surface area contributed by atoms with E-state index in [-0.39, 0.29) is 17.6 Å². The fourth-order valence-corrected chi connectivity index (χ4v) is 3.30. The average Bonchev–Trinajstić information content (AvgIpc) is 3.05. The van der Waals surface area contributed by atoms with Crippen LogP contribution in [0.5, 0.6) is 0 Å². The van der Waals surface area contributed by atoms with Crippen molar-refractivity contribution in [2.75, 3.05) is 23.3 Å². The number of hydrogen-bond donors (Lipinski definition) is 1. The predicted octanol–water partition coefficient (Wildman–Crippen LogP) is 2.92. The van der Waals surface area contributed by atoms with Crippen molar-refractivity contribution in [3.8, 4) is 0 Å². The van der Waals surface area contributed by atoms with Crippen LogP contribution in [-0.4, -0.2) is 34.1 Å². The van der Waals surface area contributed by atoms with E-state index in [2.05, 4.69) is 25.3 Å². The van der Waals surface area contributed by atoms with Crippen LogP contribution >= 0.6 is 0 Å². The third kappa shape index (κ3) is 3.10. The Labute approximate surface area is 149 Å². The Morgan fingerprint density at radius 3 is 2.92 bits per heavy atom. The van der Waals surface area contributed by atoms with Gasteiger partial charge in [-0.1, -0.05) is 5.16 Å². The van der Waals surface area contributed by atoms with Gasteiger partial charge in [-0.05, 0) is 44.0 Å². The Kier molecular flexibility index (Phi) is 4.24. The maximum absolute atomic E-state index is 13.0. The van der Waals surface area contributed by atoms with Crippen LogP contribution in [0.25, 0.3) is 11.1 Å². The first-order chi connectivity index (χ1) is 12.6. The van der Waals surface area contributed by atoms with Crippen molar-refractivity contribution >= 4 is 28.5 Å². The lowest BCUT2D eigenvalue weighted by Crippen LogP contribution is -2.41. The zero-order valence-electron chi connectivity index (χ0n) is 14.3. The summed E-state index contributed by atoms with van der Waals surface area (Å²) < 4.78 is 18.2. The third-order valence-corrected chi connectivity index (χ3v) is 4.63. The van der Waals surface area contributed by atoms with Gasteiger partial charge in [-0.15, -0.1) is 0 Å². The molecular weight excluding hydrogens is 337 g/mol. The monoisotopic (exact) mass is 355 g/mol. The van der Waals surface area contributed by atoms with Crippen LogP contribution in [0.2, 0.25) is 0 Å². The Bertz CT molecular complexity index is 940. The zero-order valence-corrected chi connectivity index (χ0v) is 14.3. The highest BCUT2D eigenvalue weighted by Crippen LogP contribution is 2.29. The molecule has 1 aromatic carbocycles. The molecule has 0 aliphatic carbocycles. The topological polar surface area (TPSA) is 84.2 Å². The van der Waals surface area contributed by atoms with Crippen LogP contribution < -0.4 is 10.2 Å². The molecule has 8 heteroatoms. The molecule has 4 rings (SSSR count). The second-order valence-electron chi connectivity index (χ2n) is 6.43. The van der Waals surface area contributed by atoms with E-state index < -0.39 is 0 Å². The molecule has 1 aliphatic heterocycles. The lowest BCUT2D eigenvalue weighted by Gasteiger charge is -2.33. The summed E-state index contributed by atoms with van der Waals surface area (Å²) in [5.74, 6) is 0.157. The molecule has 1 aliphatic rings. The van der Waals surface area contributed by atoms with Crippen LogP contribution in [0.15, 0.2) is 35.1 Å². The minimum absolute atomic E-state index is 0.0753. The summed E-state index contributed by atoms with van der Waals surface area (Å²) in [6, 6.07) is 5.77. The minimum Gasteiger partial charge on any atom is -0.355 e. The standard InChI is InChI=1S/C18H18FN5O2/c1-11-15-16(20-10-21-18(15)26-23-11)24-8-2-3-12(9-24)17(25)22-14-6-4-13(19)5-7-14/h4-7,10,12H,2-3,8-9H2,1H3,(H,22,25)/t12-/m1/s1. The van der Waals surface area contributed by atoms with Crippen LogP contribution in [0.3, 0.4) is 0 Å². The number of anilines is 2. The number of nitrogens with zero attached hydrogens (tertiary/aromatic N) is 4. The molecule has 1 fully saturated rings. The van der Waals surface area contributed by atoms with E-state index in [1.807, 2.05) is 6.92 Å². The average molecular weight is 355 g/mol. The van der Waals surface area contributed by atoms with Crippen LogP contribution in [0, 0.1) is 18.7 Å². The van der Waals surface area contributed by atoms with Crippen molar-refractivity contribution in [3.05, 3.63) is 42.1 Å². The fourth-order valence-electron chi connectivity index (χ4n) is 3.30. The molecule has 1 amide bonds. The molecule has 0 bridgehead atoms. The van der Waals surface area contributed by atoms with E-state index in [1.165, 1.54) is 18.5 Å². The SMILES string of the molecule is Cc1noc2ncnc(N3CCC[C@@H](C(=O)Nc4ccc(F)cc4)C3)c12. The van der Waals surface area contributed by atoms with Crippen molar-refractivity contribution in [2.45, 2.75) is 19.8 Å². The lowest BCUT2D eigenvalue weighted by molar-refractivity contribution is -0.120. The number of carbonyl (C=O) groups excluding carboxylic acids is 1. The van der Waals surface area contributed by atoms with Crippen molar-refractivity contribution < 1.29 is 13.7 Å². The number of amides is 1. The summed E-state index contributed by atoms with van der Waals surface area (Å²) in [5.41, 5.74) is 1.77. The van der Waals surface area contributed by atoms with E-state index in [0.29, 0.717) is 17.9 Å². The van der Waals surface area contributed by atoms with Gasteiger partial charge in [-0.25, -0.2) is 9.37 Å². The van der Waals surface area contributed by atoms with Gasteiger partial charge in [0.2, 0.25) is 5.91 Å². The van der Waals surface area contributed by atoms with E-state index >= 15 is 0 Å². The number of halogens is 1. The van der Waals surface area contributed by atoms with E-state index in [4.69, 9.17) is 4.52 Å². The molecule has 2 aromatic heterocycles. The normalized spacial score (nSPS) is 17.5. The quantitative estimate of drug-likeness (QED) is 0.778. The number of aryl methyl sites for hydroxylation is 1. The summed E-state index contributed by atoms with van der Waals surface area (Å²) >= 11 is 0. The second-order valence-corrected chi connectivity index (χ2v) is 6.43. The number of rotatable bonds is 3. The maximum Gasteiger partial charge on any atom is 0.263 e. The Hall–Kier alpha value is -3.03. The van der Waals surface area contributed by atoms with Gasteiger partial charge in [0, 0.05) is 18.8 Å². The largest absolute Gasteiger partial charge is 0.355 e. The first-order valence-corrected chi connectivity index (χ1v) is 8.50. The van der Waals surface area contributed by atoms with Crippen molar-refractivity contribution in [1.29, 1.82) is 0 Å². The zero-order chi connectivity index (χ0) is 18.1. The molecule has 1 saturated heterocycles. The summed E-state index contributed by atoms with van der Waals surface area (Å²) in [7, 11) is 0. The third-order valence-electron chi connectivity index (χ3n) is 4.63. The summed E-state index contributed by atoms with van der Waals surface area (Å²) in [5, 5.41) is 7.60. The molecule has 0 radical (unpaired) electrons. The van der Waals surface area contributed by atoms with Gasteiger partial charge in [-0.3, -0.25) is 4.79 Å². The number of nitrogens with one attached hydrogen (secondary N) is 1. The molecule has 3 aromatic rings. The Morgan fingerprint density at radius 1 is 1.31 bits per heavy atom. The van der Waals surface area contributed by atoms with Crippen molar-refractivity contribution in [1.82, 2.24) is 15.1 Å². The number of piperidine rings is 1. The van der Waals surface area contributed by atoms with Gasteiger partial charge < -0.3 is 14.7 Å². The second kappa shape index (κ2) is 6.70. The van der Waals surface area contributed by atoms with Gasteiger partial charge in [0.25, 0.3) is 5.71 Å². The Balaban J connectivity index is 1.52. The number of benzene rings is 1. The number of hydrogen-bond acceptors (Lipinski definition) is 6. The highest BCUT2D eigenvalue weighted by molar-refractivity contribution is 5.93. The molecule has 1 N–H and O–H groups in total. The van der Waals surface area contributed by atoms with Gasteiger partial charge in [0.15, 0.2) is 0 Å². The number of aromatic nitrogens is 3. The van der Waals surface area contributed by atoms with Crippen LogP contribution in [0.1, 0.15) is 18.5 Å². The van der Waals surface area contributed by atoms with Gasteiger partial charge in [0.1, 0.15) is 23.3 Å². The molecule has 0 spiro atoms. The molecular formula is C18H18FN5O2. The summed E-state index contributed by atoms with van der Waals surface area (Å²) in [6.07, 6.45) is 3.11. The fraction of sp³-hybridized carbons (Fsp3) is 0.333. The molecule has 0 unspecified atom stereocenters. The Morgan fingerprint density at radius 2 is 2.12 bits per heavy atom. The summed E-state index contributed by atoms with van der Waals surface area (Å²) in [4.78, 5) is 23.2. The molecule has 26 heavy (non-hydrogen) atoms. The maximum atomic E-state index is 13.0. The lowest BCUT2D eigenvalue weighted by atomic mass is 9.96. The smallest absolute Gasteiger partial charge is 0.263 e. The number of carbonyl (C=O) groups is 1. The molecule has 1 atom stereocenters. The van der Waals surface area contributed by atoms with E-state index in [0.717, 1.165) is 36.3 Å². The number of fused-ring (bicyclic) bond motifs is 1. The van der Waals surface area contributed by atoms with Crippen molar-refractivity contribution in [3.63, 3.8) is 0 Å². The molecule has 7 nitrogen and oxygen atoms in total. The van der Waals surface area contributed by atoms with Gasteiger partial charge in [0.05, 0.1) is 11.6 Å². The molecule has 134 valence electrons. The van der Waals surface area contributed by atoms with Gasteiger partial charge in [-0.2, -0.15) is 4.98 Å². The summed E-state index contributed by atoms with van der Waals surface area (Å²) in [6.45, 7) is 3.20. The molecule has 0 saturated carbocycles. The van der Waals surface area contributed by atoms with E-state index in [1.54, 1.807) is 12.1 Å². The van der Waals surface area contributed by atoms with Gasteiger partial charge >= 0.3 is 0 Å². The highest BCUT2D eigenvalue weighted by Gasteiger charge is 2.28. The minimum atomic E-state index is -0.330. The van der Waals surface area contributed by atoms with Crippen LogP contribution in [-0.2, 0) is 4.79 Å².